The molecule has 0 unspecified atom stereocenters. The number of benzene rings is 2. The van der Waals surface area contributed by atoms with Crippen molar-refractivity contribution in [1.29, 1.82) is 0 Å². The van der Waals surface area contributed by atoms with E-state index in [1.54, 1.807) is 48.5 Å². The summed E-state index contributed by atoms with van der Waals surface area (Å²) in [6, 6.07) is 13.7. The number of anilines is 1. The summed E-state index contributed by atoms with van der Waals surface area (Å²) in [4.78, 5) is 23.4. The quantitative estimate of drug-likeness (QED) is 0.757. The van der Waals surface area contributed by atoms with Gasteiger partial charge in [-0.25, -0.2) is 0 Å². The minimum absolute atomic E-state index is 0.0825. The van der Waals surface area contributed by atoms with E-state index < -0.39 is 0 Å². The first-order valence-corrected chi connectivity index (χ1v) is 8.13. The van der Waals surface area contributed by atoms with Crippen molar-refractivity contribution in [2.75, 3.05) is 25.1 Å². The van der Waals surface area contributed by atoms with Crippen molar-refractivity contribution in [3.63, 3.8) is 0 Å². The van der Waals surface area contributed by atoms with E-state index in [0.29, 0.717) is 28.8 Å². The molecule has 0 fully saturated rings. The first kappa shape index (κ1) is 18.6. The average Bonchev–Trinajstić information content (AvgIpc) is 2.60. The van der Waals surface area contributed by atoms with Crippen LogP contribution in [0.3, 0.4) is 0 Å². The molecule has 0 atom stereocenters. The molecule has 0 radical (unpaired) electrons. The molecule has 0 aromatic heterocycles. The lowest BCUT2D eigenvalue weighted by atomic mass is 10.3. The molecule has 2 rings (SSSR count). The number of hydrogen-bond donors (Lipinski definition) is 2. The summed E-state index contributed by atoms with van der Waals surface area (Å²) in [7, 11) is 0. The monoisotopic (exact) mass is 362 g/mol. The average molecular weight is 363 g/mol. The first-order chi connectivity index (χ1) is 12.1. The molecule has 0 spiro atoms. The second-order valence-corrected chi connectivity index (χ2v) is 5.44. The summed E-state index contributed by atoms with van der Waals surface area (Å²) in [6.07, 6.45) is 0. The lowest BCUT2D eigenvalue weighted by Gasteiger charge is -2.10. The van der Waals surface area contributed by atoms with Crippen LogP contribution in [0.5, 0.6) is 11.5 Å². The zero-order chi connectivity index (χ0) is 18.1. The summed E-state index contributed by atoms with van der Waals surface area (Å²) in [5.74, 6) is 0.389. The molecule has 0 aliphatic heterocycles. The molecule has 25 heavy (non-hydrogen) atoms. The molecule has 7 heteroatoms. The van der Waals surface area contributed by atoms with E-state index in [-0.39, 0.29) is 25.0 Å². The van der Waals surface area contributed by atoms with Crippen LogP contribution in [0.25, 0.3) is 0 Å². The molecule has 0 saturated heterocycles. The van der Waals surface area contributed by atoms with Crippen LogP contribution in [-0.4, -0.2) is 31.6 Å². The van der Waals surface area contributed by atoms with E-state index >= 15 is 0 Å². The number of halogens is 1. The Balaban J connectivity index is 1.85. The first-order valence-electron chi connectivity index (χ1n) is 7.75. The van der Waals surface area contributed by atoms with Gasteiger partial charge in [-0.2, -0.15) is 0 Å². The van der Waals surface area contributed by atoms with Crippen LogP contribution >= 0.6 is 11.6 Å². The van der Waals surface area contributed by atoms with E-state index in [0.717, 1.165) is 0 Å². The summed E-state index contributed by atoms with van der Waals surface area (Å²) in [5, 5.41) is 5.78. The van der Waals surface area contributed by atoms with Crippen LogP contribution < -0.4 is 20.1 Å². The number of ether oxygens (including phenoxy) is 2. The van der Waals surface area contributed by atoms with Crippen molar-refractivity contribution in [2.24, 2.45) is 0 Å². The summed E-state index contributed by atoms with van der Waals surface area (Å²) in [6.45, 7) is 2.12. The summed E-state index contributed by atoms with van der Waals surface area (Å²) in [5.41, 5.74) is 0.543. The van der Waals surface area contributed by atoms with Gasteiger partial charge in [0.2, 0.25) is 0 Å². The van der Waals surface area contributed by atoms with E-state index in [4.69, 9.17) is 21.1 Å². The maximum Gasteiger partial charge on any atom is 0.262 e. The number of rotatable bonds is 8. The van der Waals surface area contributed by atoms with E-state index in [2.05, 4.69) is 10.6 Å². The zero-order valence-corrected chi connectivity index (χ0v) is 14.5. The highest BCUT2D eigenvalue weighted by Crippen LogP contribution is 2.23. The van der Waals surface area contributed by atoms with Crippen molar-refractivity contribution < 1.29 is 19.1 Å². The second kappa shape index (κ2) is 9.54. The van der Waals surface area contributed by atoms with Crippen LogP contribution in [-0.2, 0) is 9.59 Å². The smallest absolute Gasteiger partial charge is 0.262 e. The van der Waals surface area contributed by atoms with Gasteiger partial charge in [0, 0.05) is 18.3 Å². The minimum Gasteiger partial charge on any atom is -0.484 e. The van der Waals surface area contributed by atoms with Gasteiger partial charge in [-0.1, -0.05) is 29.8 Å². The van der Waals surface area contributed by atoms with Gasteiger partial charge in [-0.3, -0.25) is 9.59 Å². The fourth-order valence-electron chi connectivity index (χ4n) is 1.96. The molecule has 0 bridgehead atoms. The number of para-hydroxylation sites is 1. The Labute approximate surface area is 151 Å². The van der Waals surface area contributed by atoms with Crippen molar-refractivity contribution in [3.8, 4) is 11.5 Å². The van der Waals surface area contributed by atoms with Crippen LogP contribution in [0.1, 0.15) is 6.92 Å². The highest BCUT2D eigenvalue weighted by atomic mass is 35.5. The Bertz CT molecular complexity index is 737. The van der Waals surface area contributed by atoms with Gasteiger partial charge in [0.05, 0.1) is 5.02 Å². The normalized spacial score (nSPS) is 10.0. The third-order valence-electron chi connectivity index (χ3n) is 3.06. The SMILES string of the molecule is CCNC(=O)COc1cccc(NC(=O)COc2ccccc2Cl)c1. The van der Waals surface area contributed by atoms with Crippen molar-refractivity contribution in [2.45, 2.75) is 6.92 Å². The van der Waals surface area contributed by atoms with Crippen LogP contribution in [0.2, 0.25) is 5.02 Å². The van der Waals surface area contributed by atoms with Crippen molar-refractivity contribution in [1.82, 2.24) is 5.32 Å². The third-order valence-corrected chi connectivity index (χ3v) is 3.37. The molecule has 2 aromatic rings. The van der Waals surface area contributed by atoms with Gasteiger partial charge in [0.25, 0.3) is 11.8 Å². The molecule has 2 N–H and O–H groups in total. The summed E-state index contributed by atoms with van der Waals surface area (Å²) < 4.78 is 10.8. The third kappa shape index (κ3) is 6.35. The van der Waals surface area contributed by atoms with E-state index in [9.17, 15) is 9.59 Å². The van der Waals surface area contributed by atoms with Gasteiger partial charge in [0.1, 0.15) is 11.5 Å². The van der Waals surface area contributed by atoms with Gasteiger partial charge < -0.3 is 20.1 Å². The Morgan fingerprint density at radius 1 is 1.00 bits per heavy atom. The highest BCUT2D eigenvalue weighted by molar-refractivity contribution is 6.32. The van der Waals surface area contributed by atoms with Gasteiger partial charge in [0.15, 0.2) is 13.2 Å². The minimum atomic E-state index is -0.333. The topological polar surface area (TPSA) is 76.7 Å². The Kier molecular flexibility index (Phi) is 7.10. The molecule has 0 aliphatic carbocycles. The Morgan fingerprint density at radius 2 is 1.76 bits per heavy atom. The number of hydrogen-bond acceptors (Lipinski definition) is 4. The fraction of sp³-hybridized carbons (Fsp3) is 0.222. The number of carbonyl (C=O) groups excluding carboxylic acids is 2. The molecule has 0 aliphatic rings. The van der Waals surface area contributed by atoms with E-state index in [1.165, 1.54) is 0 Å². The number of carbonyl (C=O) groups is 2. The van der Waals surface area contributed by atoms with Gasteiger partial charge in [-0.15, -0.1) is 0 Å². The number of amides is 2. The standard InChI is InChI=1S/C18H19ClN2O4/c1-2-20-17(22)11-24-14-7-5-6-13(10-14)21-18(23)12-25-16-9-4-3-8-15(16)19/h3-10H,2,11-12H2,1H3,(H,20,22)(H,21,23). The van der Waals surface area contributed by atoms with Gasteiger partial charge in [-0.05, 0) is 31.2 Å². The Hall–Kier alpha value is -2.73. The lowest BCUT2D eigenvalue weighted by Crippen LogP contribution is -2.28. The lowest BCUT2D eigenvalue weighted by molar-refractivity contribution is -0.123. The predicted octanol–water partition coefficient (Wildman–Crippen LogP) is 2.87. The molecular weight excluding hydrogens is 344 g/mol. The van der Waals surface area contributed by atoms with Crippen molar-refractivity contribution in [3.05, 3.63) is 53.6 Å². The molecule has 6 nitrogen and oxygen atoms in total. The molecule has 2 amide bonds. The van der Waals surface area contributed by atoms with Gasteiger partial charge >= 0.3 is 0 Å². The second-order valence-electron chi connectivity index (χ2n) is 5.04. The maximum atomic E-state index is 12.0. The largest absolute Gasteiger partial charge is 0.484 e. The predicted molar refractivity (Wildman–Crippen MR) is 96.2 cm³/mol. The summed E-state index contributed by atoms with van der Waals surface area (Å²) >= 11 is 5.97. The fourth-order valence-corrected chi connectivity index (χ4v) is 2.15. The number of likely N-dealkylation sites (N-methyl/N-ethyl adjacent to an activating group) is 1. The number of nitrogens with one attached hydrogen (secondary N) is 2. The van der Waals surface area contributed by atoms with Crippen LogP contribution in [0.15, 0.2) is 48.5 Å². The molecule has 0 heterocycles. The molecule has 132 valence electrons. The van der Waals surface area contributed by atoms with E-state index in [1.807, 2.05) is 6.92 Å². The van der Waals surface area contributed by atoms with Crippen molar-refractivity contribution >= 4 is 29.1 Å². The Morgan fingerprint density at radius 3 is 2.52 bits per heavy atom. The highest BCUT2D eigenvalue weighted by Gasteiger charge is 2.07. The van der Waals surface area contributed by atoms with Crippen LogP contribution in [0.4, 0.5) is 5.69 Å². The molecule has 2 aromatic carbocycles. The zero-order valence-electron chi connectivity index (χ0n) is 13.8. The molecule has 0 saturated carbocycles. The molecular formula is C18H19ClN2O4. The maximum absolute atomic E-state index is 12.0. The van der Waals surface area contributed by atoms with Crippen LogP contribution in [0, 0.1) is 0 Å².